The summed E-state index contributed by atoms with van der Waals surface area (Å²) >= 11 is 6.00. The van der Waals surface area contributed by atoms with E-state index in [-0.39, 0.29) is 5.91 Å². The first kappa shape index (κ1) is 20.3. The molecule has 5 rings (SSSR count). The number of carbonyl (C=O) groups is 1. The summed E-state index contributed by atoms with van der Waals surface area (Å²) < 4.78 is 2.24. The van der Waals surface area contributed by atoms with Crippen LogP contribution in [0.3, 0.4) is 0 Å². The number of amides is 1. The van der Waals surface area contributed by atoms with E-state index in [2.05, 4.69) is 58.4 Å². The number of benzene rings is 4. The fourth-order valence-corrected chi connectivity index (χ4v) is 4.22. The highest BCUT2D eigenvalue weighted by Crippen LogP contribution is 2.21. The highest BCUT2D eigenvalue weighted by molar-refractivity contribution is 6.30. The zero-order valence-electron chi connectivity index (χ0n) is 17.5. The van der Waals surface area contributed by atoms with E-state index in [4.69, 9.17) is 16.6 Å². The van der Waals surface area contributed by atoms with Gasteiger partial charge in [-0.05, 0) is 52.7 Å². The standard InChI is InChI=1S/C27H22ClN3O/c28-23-9-5-8-22(17-23)27(32)29-15-14-26-30-24-10-3-4-11-25(24)31(26)18-19-12-13-20-6-1-2-7-21(20)16-19/h1-13,16-17H,14-15,18H2,(H,29,32). The van der Waals surface area contributed by atoms with Crippen molar-refractivity contribution in [3.63, 3.8) is 0 Å². The lowest BCUT2D eigenvalue weighted by Gasteiger charge is -2.11. The second kappa shape index (κ2) is 8.85. The zero-order valence-corrected chi connectivity index (χ0v) is 18.2. The van der Waals surface area contributed by atoms with Gasteiger partial charge in [-0.2, -0.15) is 0 Å². The summed E-state index contributed by atoms with van der Waals surface area (Å²) in [5, 5.41) is 5.99. The molecule has 0 aliphatic heterocycles. The maximum atomic E-state index is 12.5. The van der Waals surface area contributed by atoms with Crippen LogP contribution in [0.2, 0.25) is 5.02 Å². The molecule has 0 atom stereocenters. The van der Waals surface area contributed by atoms with Crippen LogP contribution in [0.1, 0.15) is 21.7 Å². The van der Waals surface area contributed by atoms with Crippen LogP contribution in [0.25, 0.3) is 21.8 Å². The number of halogens is 1. The Labute approximate surface area is 191 Å². The summed E-state index contributed by atoms with van der Waals surface area (Å²) in [4.78, 5) is 17.3. The van der Waals surface area contributed by atoms with E-state index < -0.39 is 0 Å². The second-order valence-corrected chi connectivity index (χ2v) is 8.24. The Morgan fingerprint density at radius 3 is 2.56 bits per heavy atom. The number of carbonyl (C=O) groups excluding carboxylic acids is 1. The minimum atomic E-state index is -0.135. The van der Waals surface area contributed by atoms with Crippen LogP contribution in [0.4, 0.5) is 0 Å². The lowest BCUT2D eigenvalue weighted by atomic mass is 10.1. The molecule has 0 unspecified atom stereocenters. The Morgan fingerprint density at radius 2 is 1.69 bits per heavy atom. The average molecular weight is 440 g/mol. The van der Waals surface area contributed by atoms with Gasteiger partial charge in [0, 0.05) is 30.1 Å². The van der Waals surface area contributed by atoms with Gasteiger partial charge < -0.3 is 9.88 Å². The Balaban J connectivity index is 1.38. The van der Waals surface area contributed by atoms with E-state index in [1.807, 2.05) is 18.2 Å². The molecule has 5 heteroatoms. The molecular weight excluding hydrogens is 418 g/mol. The molecule has 0 saturated carbocycles. The van der Waals surface area contributed by atoms with E-state index in [0.29, 0.717) is 23.6 Å². The largest absolute Gasteiger partial charge is 0.352 e. The monoisotopic (exact) mass is 439 g/mol. The van der Waals surface area contributed by atoms with Crippen molar-refractivity contribution in [1.82, 2.24) is 14.9 Å². The van der Waals surface area contributed by atoms with Crippen LogP contribution in [0.15, 0.2) is 91.0 Å². The zero-order chi connectivity index (χ0) is 21.9. The number of hydrogen-bond donors (Lipinski definition) is 1. The Morgan fingerprint density at radius 1 is 0.875 bits per heavy atom. The van der Waals surface area contributed by atoms with Gasteiger partial charge >= 0.3 is 0 Å². The normalized spacial score (nSPS) is 11.2. The average Bonchev–Trinajstić information content (AvgIpc) is 3.16. The van der Waals surface area contributed by atoms with Crippen LogP contribution >= 0.6 is 11.6 Å². The Hall–Kier alpha value is -3.63. The molecule has 0 aliphatic carbocycles. The van der Waals surface area contributed by atoms with Crippen molar-refractivity contribution in [3.05, 3.63) is 113 Å². The number of nitrogens with one attached hydrogen (secondary N) is 1. The third-order valence-corrected chi connectivity index (χ3v) is 5.84. The summed E-state index contributed by atoms with van der Waals surface area (Å²) in [6, 6.07) is 30.1. The molecule has 0 saturated heterocycles. The van der Waals surface area contributed by atoms with Crippen LogP contribution in [0, 0.1) is 0 Å². The molecule has 0 fully saturated rings. The maximum absolute atomic E-state index is 12.5. The maximum Gasteiger partial charge on any atom is 0.251 e. The smallest absolute Gasteiger partial charge is 0.251 e. The summed E-state index contributed by atoms with van der Waals surface area (Å²) in [6.07, 6.45) is 0.633. The minimum Gasteiger partial charge on any atom is -0.352 e. The number of rotatable bonds is 6. The molecule has 0 radical (unpaired) electrons. The SMILES string of the molecule is O=C(NCCc1nc2ccccc2n1Cc1ccc2ccccc2c1)c1cccc(Cl)c1. The van der Waals surface area contributed by atoms with Crippen molar-refractivity contribution in [2.24, 2.45) is 0 Å². The van der Waals surface area contributed by atoms with E-state index in [9.17, 15) is 4.79 Å². The molecule has 4 nitrogen and oxygen atoms in total. The Kier molecular flexibility index (Phi) is 5.61. The number of aromatic nitrogens is 2. The minimum absolute atomic E-state index is 0.135. The number of imidazole rings is 1. The number of hydrogen-bond acceptors (Lipinski definition) is 2. The summed E-state index contributed by atoms with van der Waals surface area (Å²) in [6.45, 7) is 1.22. The first-order valence-electron chi connectivity index (χ1n) is 10.6. The summed E-state index contributed by atoms with van der Waals surface area (Å²) in [5.41, 5.74) is 3.83. The molecule has 32 heavy (non-hydrogen) atoms. The van der Waals surface area contributed by atoms with Crippen LogP contribution in [0.5, 0.6) is 0 Å². The van der Waals surface area contributed by atoms with Crippen molar-refractivity contribution < 1.29 is 4.79 Å². The number of nitrogens with zero attached hydrogens (tertiary/aromatic N) is 2. The van der Waals surface area contributed by atoms with Crippen molar-refractivity contribution in [3.8, 4) is 0 Å². The topological polar surface area (TPSA) is 46.9 Å². The van der Waals surface area contributed by atoms with Gasteiger partial charge in [-0.15, -0.1) is 0 Å². The molecular formula is C27H22ClN3O. The molecule has 0 bridgehead atoms. The molecule has 0 aliphatic rings. The van der Waals surface area contributed by atoms with Gasteiger partial charge in [0.15, 0.2) is 0 Å². The van der Waals surface area contributed by atoms with Crippen molar-refractivity contribution in [2.45, 2.75) is 13.0 Å². The van der Waals surface area contributed by atoms with E-state index in [1.54, 1.807) is 24.3 Å². The van der Waals surface area contributed by atoms with Gasteiger partial charge in [-0.25, -0.2) is 4.98 Å². The van der Waals surface area contributed by atoms with Crippen LogP contribution < -0.4 is 5.32 Å². The van der Waals surface area contributed by atoms with Gasteiger partial charge in [0.25, 0.3) is 5.91 Å². The van der Waals surface area contributed by atoms with E-state index in [1.165, 1.54) is 16.3 Å². The molecule has 1 aromatic heterocycles. The lowest BCUT2D eigenvalue weighted by molar-refractivity contribution is 0.0954. The van der Waals surface area contributed by atoms with Crippen LogP contribution in [-0.4, -0.2) is 22.0 Å². The van der Waals surface area contributed by atoms with Crippen molar-refractivity contribution >= 4 is 39.3 Å². The third-order valence-electron chi connectivity index (χ3n) is 5.61. The quantitative estimate of drug-likeness (QED) is 0.360. The summed E-state index contributed by atoms with van der Waals surface area (Å²) in [5.74, 6) is 0.815. The predicted molar refractivity (Wildman–Crippen MR) is 130 cm³/mol. The first-order valence-corrected chi connectivity index (χ1v) is 11.0. The molecule has 4 aromatic carbocycles. The van der Waals surface area contributed by atoms with E-state index in [0.717, 1.165) is 23.4 Å². The number of para-hydroxylation sites is 2. The molecule has 1 amide bonds. The Bertz CT molecular complexity index is 1420. The molecule has 158 valence electrons. The predicted octanol–water partition coefficient (Wildman–Crippen LogP) is 5.86. The van der Waals surface area contributed by atoms with E-state index >= 15 is 0 Å². The molecule has 1 N–H and O–H groups in total. The molecule has 5 aromatic rings. The van der Waals surface area contributed by atoms with Crippen molar-refractivity contribution in [2.75, 3.05) is 6.54 Å². The lowest BCUT2D eigenvalue weighted by Crippen LogP contribution is -2.26. The highest BCUT2D eigenvalue weighted by Gasteiger charge is 2.12. The van der Waals surface area contributed by atoms with Gasteiger partial charge in [0.05, 0.1) is 11.0 Å². The van der Waals surface area contributed by atoms with Crippen LogP contribution in [-0.2, 0) is 13.0 Å². The van der Waals surface area contributed by atoms with Gasteiger partial charge in [0.1, 0.15) is 5.82 Å². The number of fused-ring (bicyclic) bond motifs is 2. The molecule has 0 spiro atoms. The third kappa shape index (κ3) is 4.23. The van der Waals surface area contributed by atoms with Gasteiger partial charge in [-0.1, -0.05) is 66.2 Å². The van der Waals surface area contributed by atoms with Gasteiger partial charge in [-0.3, -0.25) is 4.79 Å². The first-order chi connectivity index (χ1) is 15.7. The fraction of sp³-hybridized carbons (Fsp3) is 0.111. The van der Waals surface area contributed by atoms with Crippen molar-refractivity contribution in [1.29, 1.82) is 0 Å². The second-order valence-electron chi connectivity index (χ2n) is 7.80. The van der Waals surface area contributed by atoms with Gasteiger partial charge in [0.2, 0.25) is 0 Å². The highest BCUT2D eigenvalue weighted by atomic mass is 35.5. The fourth-order valence-electron chi connectivity index (χ4n) is 4.03. The summed E-state index contributed by atoms with van der Waals surface area (Å²) in [7, 11) is 0. The molecule has 1 heterocycles.